The van der Waals surface area contributed by atoms with Crippen LogP contribution in [0.25, 0.3) is 0 Å². The van der Waals surface area contributed by atoms with Gasteiger partial charge in [0.05, 0.1) is 41.8 Å². The fourth-order valence-corrected chi connectivity index (χ4v) is 9.46. The molecular formula is C30H47FN6O3. The average Bonchev–Trinajstić information content (AvgIpc) is 3.63. The minimum atomic E-state index is -1.43. The maximum absolute atomic E-state index is 16.4. The largest absolute Gasteiger partial charge is 0.369 e. The summed E-state index contributed by atoms with van der Waals surface area (Å²) in [6.45, 7) is 4.70. The molecule has 3 saturated heterocycles. The first-order valence-electron chi connectivity index (χ1n) is 16.0. The number of morpholine rings is 1. The van der Waals surface area contributed by atoms with Crippen molar-refractivity contribution in [2.45, 2.75) is 106 Å². The van der Waals surface area contributed by atoms with Crippen molar-refractivity contribution >= 4 is 11.7 Å². The standard InChI is InChI=1S/C30H47FN6O3/c31-24-25(33)23-26-29(27(24)36-11-7-19(32)15-36)40-22-14-18-6-2-1-5-17(18)13-21(22)37(26)16-20(28(23)38)30(39)34-8-12-35-9-3-4-10-35/h16-19,21-27,29H,1-15,32-33H2,(H,34,39). The number of ketones is 1. The molecular weight excluding hydrogens is 511 g/mol. The Hall–Kier alpha value is -1.59. The van der Waals surface area contributed by atoms with Gasteiger partial charge in [0, 0.05) is 44.5 Å². The molecule has 3 saturated carbocycles. The first kappa shape index (κ1) is 27.3. The van der Waals surface area contributed by atoms with Crippen LogP contribution < -0.4 is 16.8 Å². The van der Waals surface area contributed by atoms with Crippen LogP contribution in [0.2, 0.25) is 0 Å². The van der Waals surface area contributed by atoms with Gasteiger partial charge in [0.25, 0.3) is 5.91 Å². The minimum Gasteiger partial charge on any atom is -0.369 e. The third kappa shape index (κ3) is 4.62. The van der Waals surface area contributed by atoms with Gasteiger partial charge in [-0.05, 0) is 57.0 Å². The molecule has 4 heterocycles. The molecule has 10 heteroatoms. The number of likely N-dealkylation sites (tertiary alicyclic amines) is 2. The van der Waals surface area contributed by atoms with Gasteiger partial charge in [-0.15, -0.1) is 0 Å². The minimum absolute atomic E-state index is 0.00927. The summed E-state index contributed by atoms with van der Waals surface area (Å²) >= 11 is 0. The summed E-state index contributed by atoms with van der Waals surface area (Å²) in [6.07, 6.45) is 10.0. The first-order chi connectivity index (χ1) is 19.4. The predicted octanol–water partition coefficient (Wildman–Crippen LogP) is 0.769. The average molecular weight is 559 g/mol. The summed E-state index contributed by atoms with van der Waals surface area (Å²) in [6, 6.07) is -1.80. The summed E-state index contributed by atoms with van der Waals surface area (Å²) in [4.78, 5) is 34.2. The van der Waals surface area contributed by atoms with Crippen LogP contribution in [-0.4, -0.2) is 114 Å². The lowest BCUT2D eigenvalue weighted by molar-refractivity contribution is -0.222. The molecule has 3 aliphatic carbocycles. The lowest BCUT2D eigenvalue weighted by Crippen LogP contribution is -2.77. The number of carbonyl (C=O) groups excluding carboxylic acids is 2. The van der Waals surface area contributed by atoms with Crippen LogP contribution >= 0.6 is 0 Å². The highest BCUT2D eigenvalue weighted by molar-refractivity contribution is 6.20. The van der Waals surface area contributed by atoms with E-state index in [4.69, 9.17) is 16.2 Å². The highest BCUT2D eigenvalue weighted by atomic mass is 19.1. The topological polar surface area (TPSA) is 117 Å². The molecule has 0 spiro atoms. The van der Waals surface area contributed by atoms with Gasteiger partial charge in [0.2, 0.25) is 0 Å². The highest BCUT2D eigenvalue weighted by Crippen LogP contribution is 2.50. The summed E-state index contributed by atoms with van der Waals surface area (Å²) < 4.78 is 23.3. The summed E-state index contributed by atoms with van der Waals surface area (Å²) in [5, 5.41) is 3.00. The Labute approximate surface area is 237 Å². The predicted molar refractivity (Wildman–Crippen MR) is 149 cm³/mol. The van der Waals surface area contributed by atoms with E-state index < -0.39 is 30.3 Å². The van der Waals surface area contributed by atoms with Crippen LogP contribution in [0.15, 0.2) is 11.8 Å². The van der Waals surface area contributed by atoms with Crippen LogP contribution in [-0.2, 0) is 14.3 Å². The van der Waals surface area contributed by atoms with Gasteiger partial charge in [-0.1, -0.05) is 25.7 Å². The van der Waals surface area contributed by atoms with Gasteiger partial charge in [0.1, 0.15) is 6.17 Å². The molecule has 40 heavy (non-hydrogen) atoms. The molecule has 4 aliphatic heterocycles. The van der Waals surface area contributed by atoms with Crippen LogP contribution in [0.1, 0.15) is 57.8 Å². The number of rotatable bonds is 5. The summed E-state index contributed by atoms with van der Waals surface area (Å²) in [5.74, 6) is -0.219. The molecule has 7 rings (SSSR count). The molecule has 0 radical (unpaired) electrons. The third-order valence-corrected chi connectivity index (χ3v) is 11.5. The van der Waals surface area contributed by atoms with E-state index in [1.165, 1.54) is 38.5 Å². The second kappa shape index (κ2) is 10.9. The number of nitrogens with two attached hydrogens (primary N) is 2. The van der Waals surface area contributed by atoms with E-state index in [-0.39, 0.29) is 41.5 Å². The van der Waals surface area contributed by atoms with Crippen LogP contribution in [0.5, 0.6) is 0 Å². The van der Waals surface area contributed by atoms with Crippen molar-refractivity contribution in [2.75, 3.05) is 39.3 Å². The molecule has 11 unspecified atom stereocenters. The SMILES string of the molecule is NC1CCN(C2C(F)C(N)C3C(=O)C(C(=O)NCCN4CCCC4)=CN4C5CC6CCCCC6CC5OC2C34)C1. The molecule has 222 valence electrons. The zero-order chi connectivity index (χ0) is 27.5. The molecule has 6 fully saturated rings. The number of fused-ring (bicyclic) bond motifs is 3. The van der Waals surface area contributed by atoms with Crippen molar-refractivity contribution in [3.05, 3.63) is 11.8 Å². The van der Waals surface area contributed by atoms with Crippen molar-refractivity contribution in [3.63, 3.8) is 0 Å². The number of nitrogens with zero attached hydrogens (tertiary/aromatic N) is 3. The van der Waals surface area contributed by atoms with Crippen molar-refractivity contribution in [3.8, 4) is 0 Å². The molecule has 0 aromatic heterocycles. The number of hydrogen-bond donors (Lipinski definition) is 3. The number of Topliss-reactive ketones (excluding diaryl/α,β-unsaturated/α-hetero) is 1. The lowest BCUT2D eigenvalue weighted by Gasteiger charge is -2.62. The normalized spacial score (nSPS) is 45.5. The lowest BCUT2D eigenvalue weighted by atomic mass is 9.64. The first-order valence-corrected chi connectivity index (χ1v) is 16.0. The number of amides is 1. The van der Waals surface area contributed by atoms with Crippen molar-refractivity contribution < 1.29 is 18.7 Å². The zero-order valence-electron chi connectivity index (χ0n) is 23.6. The smallest absolute Gasteiger partial charge is 0.256 e. The molecule has 0 bridgehead atoms. The Balaban J connectivity index is 1.20. The van der Waals surface area contributed by atoms with Crippen LogP contribution in [0.4, 0.5) is 4.39 Å². The number of halogens is 1. The van der Waals surface area contributed by atoms with Crippen molar-refractivity contribution in [1.82, 2.24) is 20.0 Å². The molecule has 0 aromatic carbocycles. The van der Waals surface area contributed by atoms with Crippen LogP contribution in [0.3, 0.4) is 0 Å². The summed E-state index contributed by atoms with van der Waals surface area (Å²) in [5.41, 5.74) is 13.0. The second-order valence-electron chi connectivity index (χ2n) is 13.7. The molecule has 0 aromatic rings. The van der Waals surface area contributed by atoms with E-state index in [0.717, 1.165) is 38.9 Å². The number of hydrogen-bond acceptors (Lipinski definition) is 8. The Morgan fingerprint density at radius 1 is 1.02 bits per heavy atom. The van der Waals surface area contributed by atoms with E-state index in [0.29, 0.717) is 31.5 Å². The fraction of sp³-hybridized carbons (Fsp3) is 0.867. The van der Waals surface area contributed by atoms with Gasteiger partial charge in [-0.2, -0.15) is 0 Å². The van der Waals surface area contributed by atoms with Gasteiger partial charge < -0.3 is 31.3 Å². The van der Waals surface area contributed by atoms with E-state index in [9.17, 15) is 9.59 Å². The molecule has 9 nitrogen and oxygen atoms in total. The Bertz CT molecular complexity index is 1020. The molecule has 1 amide bonds. The van der Waals surface area contributed by atoms with Crippen molar-refractivity contribution in [1.29, 1.82) is 0 Å². The second-order valence-corrected chi connectivity index (χ2v) is 13.7. The third-order valence-electron chi connectivity index (χ3n) is 11.5. The summed E-state index contributed by atoms with van der Waals surface area (Å²) in [7, 11) is 0. The van der Waals surface area contributed by atoms with Gasteiger partial charge in [-0.3, -0.25) is 14.5 Å². The van der Waals surface area contributed by atoms with Gasteiger partial charge in [-0.25, -0.2) is 4.39 Å². The molecule has 11 atom stereocenters. The Morgan fingerprint density at radius 2 is 1.77 bits per heavy atom. The molecule has 7 aliphatic rings. The number of nitrogens with one attached hydrogen (secondary N) is 1. The number of ether oxygens (including phenoxy) is 1. The van der Waals surface area contributed by atoms with E-state index in [1.54, 1.807) is 0 Å². The Kier molecular flexibility index (Phi) is 7.44. The zero-order valence-corrected chi connectivity index (χ0v) is 23.6. The quantitative estimate of drug-likeness (QED) is 0.424. The maximum Gasteiger partial charge on any atom is 0.256 e. The maximum atomic E-state index is 16.4. The number of alkyl halides is 1. The fourth-order valence-electron chi connectivity index (χ4n) is 9.46. The van der Waals surface area contributed by atoms with E-state index in [1.807, 2.05) is 6.20 Å². The van der Waals surface area contributed by atoms with E-state index >= 15 is 4.39 Å². The highest BCUT2D eigenvalue weighted by Gasteiger charge is 2.63. The van der Waals surface area contributed by atoms with Gasteiger partial charge in [0.15, 0.2) is 5.78 Å². The van der Waals surface area contributed by atoms with Crippen LogP contribution in [0, 0.1) is 17.8 Å². The monoisotopic (exact) mass is 558 g/mol. The molecule has 5 N–H and O–H groups in total. The Morgan fingerprint density at radius 3 is 2.50 bits per heavy atom. The van der Waals surface area contributed by atoms with E-state index in [2.05, 4.69) is 20.0 Å². The number of carbonyl (C=O) groups is 2. The van der Waals surface area contributed by atoms with Crippen molar-refractivity contribution in [2.24, 2.45) is 29.2 Å². The van der Waals surface area contributed by atoms with Gasteiger partial charge >= 0.3 is 0 Å².